The van der Waals surface area contributed by atoms with Gasteiger partial charge in [0.2, 0.25) is 5.91 Å². The summed E-state index contributed by atoms with van der Waals surface area (Å²) >= 11 is 0. The first-order valence-corrected chi connectivity index (χ1v) is 6.70. The number of nitrogens with one attached hydrogen (secondary N) is 1. The fourth-order valence-corrected chi connectivity index (χ4v) is 1.98. The number of hydrogen-bond donors (Lipinski definition) is 2. The summed E-state index contributed by atoms with van der Waals surface area (Å²) in [4.78, 5) is 11.7. The van der Waals surface area contributed by atoms with Crippen molar-refractivity contribution in [3.63, 3.8) is 0 Å². The standard InChI is InChI=1S/C14H17F3N2O2.ClH/c15-14(16,17)21-11-5-1-9(2-6-11)7-13(20)19-8-12(18)10-3-4-10;/h1-2,5-6,10,12H,3-4,7-8,18H2,(H,19,20);1H. The Labute approximate surface area is 132 Å². The molecule has 124 valence electrons. The zero-order valence-electron chi connectivity index (χ0n) is 11.7. The molecule has 0 saturated heterocycles. The summed E-state index contributed by atoms with van der Waals surface area (Å²) < 4.78 is 39.8. The van der Waals surface area contributed by atoms with Gasteiger partial charge in [0.05, 0.1) is 6.42 Å². The summed E-state index contributed by atoms with van der Waals surface area (Å²) in [6.45, 7) is 0.429. The highest BCUT2D eigenvalue weighted by Gasteiger charge is 2.31. The van der Waals surface area contributed by atoms with Gasteiger partial charge in [-0.15, -0.1) is 25.6 Å². The monoisotopic (exact) mass is 338 g/mol. The van der Waals surface area contributed by atoms with Crippen molar-refractivity contribution < 1.29 is 22.7 Å². The van der Waals surface area contributed by atoms with Gasteiger partial charge in [-0.3, -0.25) is 4.79 Å². The first-order valence-electron chi connectivity index (χ1n) is 6.70. The molecule has 0 spiro atoms. The summed E-state index contributed by atoms with van der Waals surface area (Å²) in [5, 5.41) is 2.73. The van der Waals surface area contributed by atoms with Crippen molar-refractivity contribution in [2.75, 3.05) is 6.54 Å². The van der Waals surface area contributed by atoms with Crippen molar-refractivity contribution in [2.45, 2.75) is 31.7 Å². The van der Waals surface area contributed by atoms with E-state index in [1.807, 2.05) is 0 Å². The Balaban J connectivity index is 0.00000242. The molecule has 2 rings (SSSR count). The van der Waals surface area contributed by atoms with Crippen LogP contribution in [0.1, 0.15) is 18.4 Å². The van der Waals surface area contributed by atoms with E-state index >= 15 is 0 Å². The molecule has 0 heterocycles. The van der Waals surface area contributed by atoms with Crippen molar-refractivity contribution in [2.24, 2.45) is 11.7 Å². The fourth-order valence-electron chi connectivity index (χ4n) is 1.98. The second-order valence-electron chi connectivity index (χ2n) is 5.17. The number of rotatable bonds is 6. The van der Waals surface area contributed by atoms with E-state index in [0.29, 0.717) is 18.0 Å². The van der Waals surface area contributed by atoms with Gasteiger partial charge in [-0.2, -0.15) is 0 Å². The first kappa shape index (κ1) is 18.6. The molecule has 0 bridgehead atoms. The Bertz CT molecular complexity index is 490. The molecule has 1 amide bonds. The van der Waals surface area contributed by atoms with Crippen molar-refractivity contribution >= 4 is 18.3 Å². The smallest absolute Gasteiger partial charge is 0.406 e. The predicted molar refractivity (Wildman–Crippen MR) is 77.8 cm³/mol. The maximum atomic E-state index is 12.0. The largest absolute Gasteiger partial charge is 0.573 e. The summed E-state index contributed by atoms with van der Waals surface area (Å²) in [7, 11) is 0. The lowest BCUT2D eigenvalue weighted by atomic mass is 10.1. The molecule has 1 atom stereocenters. The quantitative estimate of drug-likeness (QED) is 0.837. The molecule has 22 heavy (non-hydrogen) atoms. The van der Waals surface area contributed by atoms with Crippen LogP contribution in [-0.2, 0) is 11.2 Å². The average Bonchev–Trinajstić information content (AvgIpc) is 3.21. The van der Waals surface area contributed by atoms with Crippen molar-refractivity contribution in [1.82, 2.24) is 5.32 Å². The molecule has 0 aliphatic heterocycles. The molecular weight excluding hydrogens is 321 g/mol. The van der Waals surface area contributed by atoms with Crippen LogP contribution in [0, 0.1) is 5.92 Å². The highest BCUT2D eigenvalue weighted by Crippen LogP contribution is 2.31. The predicted octanol–water partition coefficient (Wildman–Crippen LogP) is 2.40. The van der Waals surface area contributed by atoms with E-state index in [2.05, 4.69) is 10.1 Å². The van der Waals surface area contributed by atoms with E-state index < -0.39 is 6.36 Å². The summed E-state index contributed by atoms with van der Waals surface area (Å²) in [5.74, 6) is 0.00195. The Morgan fingerprint density at radius 2 is 1.91 bits per heavy atom. The average molecular weight is 339 g/mol. The van der Waals surface area contributed by atoms with Gasteiger partial charge in [-0.1, -0.05) is 12.1 Å². The Morgan fingerprint density at radius 3 is 2.41 bits per heavy atom. The topological polar surface area (TPSA) is 64.3 Å². The summed E-state index contributed by atoms with van der Waals surface area (Å²) in [6, 6.07) is 5.22. The van der Waals surface area contributed by atoms with Gasteiger partial charge in [-0.25, -0.2) is 0 Å². The number of alkyl halides is 3. The summed E-state index contributed by atoms with van der Waals surface area (Å²) in [5.41, 5.74) is 6.47. The number of ether oxygens (including phenoxy) is 1. The van der Waals surface area contributed by atoms with Crippen LogP contribution in [0.15, 0.2) is 24.3 Å². The lowest BCUT2D eigenvalue weighted by molar-refractivity contribution is -0.274. The van der Waals surface area contributed by atoms with Crippen molar-refractivity contribution in [3.05, 3.63) is 29.8 Å². The van der Waals surface area contributed by atoms with Gasteiger partial charge < -0.3 is 15.8 Å². The highest BCUT2D eigenvalue weighted by molar-refractivity contribution is 5.85. The van der Waals surface area contributed by atoms with E-state index in [4.69, 9.17) is 5.73 Å². The molecular formula is C14H18ClF3N2O2. The molecule has 1 aliphatic carbocycles. The van der Waals surface area contributed by atoms with Gasteiger partial charge in [0.1, 0.15) is 5.75 Å². The minimum Gasteiger partial charge on any atom is -0.406 e. The van der Waals surface area contributed by atoms with E-state index in [0.717, 1.165) is 12.8 Å². The molecule has 1 aromatic carbocycles. The van der Waals surface area contributed by atoms with Gasteiger partial charge >= 0.3 is 6.36 Å². The Hall–Kier alpha value is -1.47. The number of nitrogens with two attached hydrogens (primary N) is 1. The number of carbonyl (C=O) groups is 1. The number of carbonyl (C=O) groups excluding carboxylic acids is 1. The van der Waals surface area contributed by atoms with Crippen LogP contribution in [0.4, 0.5) is 13.2 Å². The van der Waals surface area contributed by atoms with Crippen LogP contribution in [0.25, 0.3) is 0 Å². The number of halogens is 4. The third-order valence-electron chi connectivity index (χ3n) is 3.28. The molecule has 1 fully saturated rings. The molecule has 1 aliphatic rings. The maximum absolute atomic E-state index is 12.0. The van der Waals surface area contributed by atoms with E-state index in [1.165, 1.54) is 24.3 Å². The van der Waals surface area contributed by atoms with Crippen molar-refractivity contribution in [3.8, 4) is 5.75 Å². The van der Waals surface area contributed by atoms with Crippen LogP contribution in [-0.4, -0.2) is 24.9 Å². The minimum atomic E-state index is -4.71. The number of benzene rings is 1. The third kappa shape index (κ3) is 6.53. The van der Waals surface area contributed by atoms with Crippen LogP contribution in [0.5, 0.6) is 5.75 Å². The lowest BCUT2D eigenvalue weighted by Gasteiger charge is -2.12. The van der Waals surface area contributed by atoms with Crippen LogP contribution < -0.4 is 15.8 Å². The van der Waals surface area contributed by atoms with Gasteiger partial charge in [0.15, 0.2) is 0 Å². The van der Waals surface area contributed by atoms with E-state index in [-0.39, 0.29) is 36.5 Å². The zero-order valence-corrected chi connectivity index (χ0v) is 12.5. The molecule has 1 unspecified atom stereocenters. The van der Waals surface area contributed by atoms with Gasteiger partial charge in [-0.05, 0) is 36.5 Å². The zero-order chi connectivity index (χ0) is 15.5. The minimum absolute atomic E-state index is 0. The molecule has 4 nitrogen and oxygen atoms in total. The van der Waals surface area contributed by atoms with Crippen molar-refractivity contribution in [1.29, 1.82) is 0 Å². The van der Waals surface area contributed by atoms with Crippen LogP contribution in [0.3, 0.4) is 0 Å². The van der Waals surface area contributed by atoms with Gasteiger partial charge in [0.25, 0.3) is 0 Å². The van der Waals surface area contributed by atoms with E-state index in [9.17, 15) is 18.0 Å². The van der Waals surface area contributed by atoms with E-state index in [1.54, 1.807) is 0 Å². The summed E-state index contributed by atoms with van der Waals surface area (Å²) in [6.07, 6.45) is -2.39. The fraction of sp³-hybridized carbons (Fsp3) is 0.500. The molecule has 3 N–H and O–H groups in total. The molecule has 1 saturated carbocycles. The number of hydrogen-bond acceptors (Lipinski definition) is 3. The second kappa shape index (κ2) is 7.69. The second-order valence-corrected chi connectivity index (χ2v) is 5.17. The number of amides is 1. The molecule has 1 aromatic rings. The lowest BCUT2D eigenvalue weighted by Crippen LogP contribution is -2.39. The highest BCUT2D eigenvalue weighted by atomic mass is 35.5. The van der Waals surface area contributed by atoms with Crippen LogP contribution >= 0.6 is 12.4 Å². The molecule has 0 aromatic heterocycles. The first-order chi connectivity index (χ1) is 9.83. The Kier molecular flexibility index (Phi) is 6.49. The molecule has 0 radical (unpaired) electrons. The third-order valence-corrected chi connectivity index (χ3v) is 3.28. The van der Waals surface area contributed by atoms with Gasteiger partial charge in [0, 0.05) is 12.6 Å². The Morgan fingerprint density at radius 1 is 1.32 bits per heavy atom. The normalized spacial score (nSPS) is 15.6. The SMILES string of the molecule is Cl.NC(CNC(=O)Cc1ccc(OC(F)(F)F)cc1)C1CC1. The maximum Gasteiger partial charge on any atom is 0.573 e. The molecule has 8 heteroatoms. The van der Waals surface area contributed by atoms with Crippen LogP contribution in [0.2, 0.25) is 0 Å².